The summed E-state index contributed by atoms with van der Waals surface area (Å²) in [5.41, 5.74) is 5.82. The highest BCUT2D eigenvalue weighted by Crippen LogP contribution is 2.37. The number of Topliss-reactive ketones (excluding diaryl/α,β-unsaturated/α-hetero) is 1. The van der Waals surface area contributed by atoms with E-state index in [-0.39, 0.29) is 5.78 Å². The van der Waals surface area contributed by atoms with Gasteiger partial charge in [0.15, 0.2) is 12.4 Å². The van der Waals surface area contributed by atoms with Gasteiger partial charge in [-0.3, -0.25) is 9.59 Å². The van der Waals surface area contributed by atoms with Crippen LogP contribution in [0.4, 0.5) is 5.69 Å². The number of hydrogen-bond donors (Lipinski definition) is 1. The van der Waals surface area contributed by atoms with E-state index in [1.807, 2.05) is 48.5 Å². The zero-order valence-electron chi connectivity index (χ0n) is 20.1. The molecule has 0 radical (unpaired) electrons. The number of amides is 1. The molecular weight excluding hydrogens is 488 g/mol. The van der Waals surface area contributed by atoms with Crippen molar-refractivity contribution in [3.8, 4) is 0 Å². The fraction of sp³-hybridized carbons (Fsp3) is 0.133. The summed E-state index contributed by atoms with van der Waals surface area (Å²) >= 11 is 6.02. The lowest BCUT2D eigenvalue weighted by molar-refractivity contribution is -0.119. The Kier molecular flexibility index (Phi) is 6.84. The highest BCUT2D eigenvalue weighted by atomic mass is 35.5. The molecule has 0 unspecified atom stereocenters. The predicted octanol–water partition coefficient (Wildman–Crippen LogP) is 6.37. The molecule has 0 saturated carbocycles. The van der Waals surface area contributed by atoms with Crippen molar-refractivity contribution in [1.82, 2.24) is 4.98 Å². The van der Waals surface area contributed by atoms with Crippen LogP contribution in [0.5, 0.6) is 0 Å². The summed E-state index contributed by atoms with van der Waals surface area (Å²) in [6.45, 7) is 1.04. The van der Waals surface area contributed by atoms with Gasteiger partial charge in [-0.25, -0.2) is 9.78 Å². The molecule has 0 atom stereocenters. The first-order chi connectivity index (χ1) is 17.9. The first-order valence-corrected chi connectivity index (χ1v) is 12.2. The number of benzene rings is 3. The van der Waals surface area contributed by atoms with Gasteiger partial charge < -0.3 is 10.1 Å². The quantitative estimate of drug-likeness (QED) is 0.240. The van der Waals surface area contributed by atoms with E-state index in [1.165, 1.54) is 6.92 Å². The van der Waals surface area contributed by atoms with Crippen molar-refractivity contribution in [2.24, 2.45) is 0 Å². The van der Waals surface area contributed by atoms with Gasteiger partial charge in [0.05, 0.1) is 16.8 Å². The summed E-state index contributed by atoms with van der Waals surface area (Å²) in [7, 11) is 0. The molecular formula is C30H23ClN2O4. The van der Waals surface area contributed by atoms with Gasteiger partial charge in [-0.15, -0.1) is 0 Å². The SMILES string of the molecule is CC(=O)c1ccc(NC(=O)COC(=O)c2c3c(nc4ccccc24)/C(=C/c2ccc(Cl)cc2)CC3)cc1. The fourth-order valence-corrected chi connectivity index (χ4v) is 4.59. The molecule has 1 N–H and O–H groups in total. The maximum atomic E-state index is 13.3. The number of anilines is 1. The van der Waals surface area contributed by atoms with E-state index in [4.69, 9.17) is 21.3 Å². The number of nitrogens with zero attached hydrogens (tertiary/aromatic N) is 1. The number of nitrogens with one attached hydrogen (secondary N) is 1. The molecule has 7 heteroatoms. The number of carbonyl (C=O) groups is 3. The molecule has 5 rings (SSSR count). The van der Waals surface area contributed by atoms with Gasteiger partial charge in [0, 0.05) is 21.7 Å². The summed E-state index contributed by atoms with van der Waals surface area (Å²) in [5.74, 6) is -1.10. The maximum Gasteiger partial charge on any atom is 0.339 e. The normalized spacial score (nSPS) is 13.4. The molecule has 1 amide bonds. The first-order valence-electron chi connectivity index (χ1n) is 11.8. The van der Waals surface area contributed by atoms with Crippen LogP contribution in [-0.4, -0.2) is 29.3 Å². The predicted molar refractivity (Wildman–Crippen MR) is 145 cm³/mol. The number of ketones is 1. The van der Waals surface area contributed by atoms with Crippen LogP contribution in [0.2, 0.25) is 5.02 Å². The number of rotatable bonds is 6. The second-order valence-corrected chi connectivity index (χ2v) is 9.25. The van der Waals surface area contributed by atoms with E-state index in [2.05, 4.69) is 11.4 Å². The highest BCUT2D eigenvalue weighted by Gasteiger charge is 2.28. The number of fused-ring (bicyclic) bond motifs is 2. The number of ether oxygens (including phenoxy) is 1. The van der Waals surface area contributed by atoms with Gasteiger partial charge in [-0.1, -0.05) is 41.9 Å². The van der Waals surface area contributed by atoms with Crippen molar-refractivity contribution in [3.63, 3.8) is 0 Å². The summed E-state index contributed by atoms with van der Waals surface area (Å²) in [5, 5.41) is 4.04. The minimum atomic E-state index is -0.565. The Morgan fingerprint density at radius 3 is 2.43 bits per heavy atom. The number of para-hydroxylation sites is 1. The Morgan fingerprint density at radius 2 is 1.70 bits per heavy atom. The smallest absolute Gasteiger partial charge is 0.339 e. The number of halogens is 1. The van der Waals surface area contributed by atoms with Crippen molar-refractivity contribution < 1.29 is 19.1 Å². The molecule has 1 aromatic heterocycles. The first kappa shape index (κ1) is 24.4. The van der Waals surface area contributed by atoms with Gasteiger partial charge in [-0.2, -0.15) is 0 Å². The molecule has 1 aliphatic carbocycles. The third kappa shape index (κ3) is 5.29. The molecule has 0 bridgehead atoms. The van der Waals surface area contributed by atoms with Gasteiger partial charge in [0.2, 0.25) is 0 Å². The lowest BCUT2D eigenvalue weighted by Gasteiger charge is -2.12. The fourth-order valence-electron chi connectivity index (χ4n) is 4.46. The zero-order chi connectivity index (χ0) is 25.9. The Hall–Kier alpha value is -4.29. The van der Waals surface area contributed by atoms with E-state index >= 15 is 0 Å². The van der Waals surface area contributed by atoms with Crippen LogP contribution in [0.1, 0.15) is 50.9 Å². The zero-order valence-corrected chi connectivity index (χ0v) is 20.8. The van der Waals surface area contributed by atoms with E-state index in [9.17, 15) is 14.4 Å². The molecule has 1 aliphatic rings. The van der Waals surface area contributed by atoms with Gasteiger partial charge in [0.1, 0.15) is 0 Å². The highest BCUT2D eigenvalue weighted by molar-refractivity contribution is 6.30. The topological polar surface area (TPSA) is 85.4 Å². The molecule has 37 heavy (non-hydrogen) atoms. The van der Waals surface area contributed by atoms with Crippen LogP contribution in [0.3, 0.4) is 0 Å². The minimum absolute atomic E-state index is 0.0601. The lowest BCUT2D eigenvalue weighted by atomic mass is 10.0. The number of esters is 1. The Balaban J connectivity index is 1.39. The van der Waals surface area contributed by atoms with Crippen molar-refractivity contribution in [2.75, 3.05) is 11.9 Å². The average molecular weight is 511 g/mol. The molecule has 0 aliphatic heterocycles. The third-order valence-corrected chi connectivity index (χ3v) is 6.52. The van der Waals surface area contributed by atoms with E-state index in [1.54, 1.807) is 24.3 Å². The molecule has 6 nitrogen and oxygen atoms in total. The maximum absolute atomic E-state index is 13.3. The summed E-state index contributed by atoms with van der Waals surface area (Å²) in [4.78, 5) is 42.0. The Morgan fingerprint density at radius 1 is 0.973 bits per heavy atom. The third-order valence-electron chi connectivity index (χ3n) is 6.27. The number of hydrogen-bond acceptors (Lipinski definition) is 5. The minimum Gasteiger partial charge on any atom is -0.452 e. The standard InChI is InChI=1S/C30H23ClN2O4/c1-18(34)20-8-13-23(14-9-20)32-27(35)17-37-30(36)28-24-4-2-3-5-26(24)33-29-21(10-15-25(28)29)16-19-6-11-22(31)12-7-19/h2-9,11-14,16H,10,15,17H2,1H3,(H,32,35)/b21-16+. The largest absolute Gasteiger partial charge is 0.452 e. The molecule has 0 saturated heterocycles. The molecule has 184 valence electrons. The van der Waals surface area contributed by atoms with Crippen molar-refractivity contribution in [3.05, 3.63) is 106 Å². The number of allylic oxidation sites excluding steroid dienone is 1. The number of pyridine rings is 1. The molecule has 3 aromatic carbocycles. The summed E-state index contributed by atoms with van der Waals surface area (Å²) < 4.78 is 5.46. The average Bonchev–Trinajstić information content (AvgIpc) is 3.29. The molecule has 0 spiro atoms. The van der Waals surface area contributed by atoms with Crippen molar-refractivity contribution in [1.29, 1.82) is 0 Å². The number of aromatic nitrogens is 1. The molecule has 4 aromatic rings. The monoisotopic (exact) mass is 510 g/mol. The van der Waals surface area contributed by atoms with Gasteiger partial charge in [-0.05, 0) is 85.0 Å². The van der Waals surface area contributed by atoms with Crippen LogP contribution >= 0.6 is 11.6 Å². The van der Waals surface area contributed by atoms with Crippen molar-refractivity contribution in [2.45, 2.75) is 19.8 Å². The van der Waals surface area contributed by atoms with E-state index in [0.717, 1.165) is 28.8 Å². The van der Waals surface area contributed by atoms with Crippen LogP contribution < -0.4 is 5.32 Å². The van der Waals surface area contributed by atoms with Gasteiger partial charge >= 0.3 is 5.97 Å². The van der Waals surface area contributed by atoms with Crippen molar-refractivity contribution >= 4 is 57.5 Å². The van der Waals surface area contributed by atoms with Crippen LogP contribution in [0, 0.1) is 0 Å². The van der Waals surface area contributed by atoms with Gasteiger partial charge in [0.25, 0.3) is 5.91 Å². The summed E-state index contributed by atoms with van der Waals surface area (Å²) in [6, 6.07) is 21.5. The van der Waals surface area contributed by atoms with E-state index in [0.29, 0.717) is 39.2 Å². The Labute approximate surface area is 218 Å². The lowest BCUT2D eigenvalue weighted by Crippen LogP contribution is -2.21. The Bertz CT molecular complexity index is 1560. The second kappa shape index (κ2) is 10.4. The molecule has 1 heterocycles. The molecule has 0 fully saturated rings. The summed E-state index contributed by atoms with van der Waals surface area (Å²) in [6.07, 6.45) is 3.44. The van der Waals surface area contributed by atoms with E-state index < -0.39 is 18.5 Å². The van der Waals surface area contributed by atoms with Crippen LogP contribution in [0.25, 0.3) is 22.6 Å². The second-order valence-electron chi connectivity index (χ2n) is 8.81. The van der Waals surface area contributed by atoms with Crippen LogP contribution in [0.15, 0.2) is 72.8 Å². The number of carbonyl (C=O) groups excluding carboxylic acids is 3. The van der Waals surface area contributed by atoms with Crippen LogP contribution in [-0.2, 0) is 16.0 Å².